The van der Waals surface area contributed by atoms with Crippen molar-refractivity contribution in [3.8, 4) is 0 Å². The van der Waals surface area contributed by atoms with Gasteiger partial charge in [-0.1, -0.05) is 19.1 Å². The predicted molar refractivity (Wildman–Crippen MR) is 83.0 cm³/mol. The molecule has 2 rings (SSSR count). The normalized spacial score (nSPS) is 11.8. The van der Waals surface area contributed by atoms with E-state index in [0.29, 0.717) is 18.1 Å². The highest BCUT2D eigenvalue weighted by molar-refractivity contribution is 5.93. The number of carbonyl (C=O) groups is 1. The third kappa shape index (κ3) is 4.51. The molecule has 1 amide bonds. The zero-order valence-electron chi connectivity index (χ0n) is 12.6. The van der Waals surface area contributed by atoms with Crippen LogP contribution in [0.4, 0.5) is 10.3 Å². The van der Waals surface area contributed by atoms with E-state index in [4.69, 9.17) is 0 Å². The Kier molecular flexibility index (Phi) is 5.41. The first-order valence-corrected chi connectivity index (χ1v) is 7.19. The number of amides is 1. The first-order chi connectivity index (χ1) is 10.6. The predicted octanol–water partition coefficient (Wildman–Crippen LogP) is 2.76. The first-order valence-electron chi connectivity index (χ1n) is 7.19. The SMILES string of the molecule is CCC(C)Nc1ncc(C(=O)NCc2ccc(F)cc2)cn1. The summed E-state index contributed by atoms with van der Waals surface area (Å²) in [6, 6.07) is 6.26. The van der Waals surface area contributed by atoms with E-state index in [2.05, 4.69) is 27.5 Å². The highest BCUT2D eigenvalue weighted by Gasteiger charge is 2.08. The fraction of sp³-hybridized carbons (Fsp3) is 0.312. The standard InChI is InChI=1S/C16H19FN4O/c1-3-11(2)21-16-19-9-13(10-20-16)15(22)18-8-12-4-6-14(17)7-5-12/h4-7,9-11H,3,8H2,1-2H3,(H,18,22)(H,19,20,21). The molecule has 0 fully saturated rings. The average Bonchev–Trinajstić information content (AvgIpc) is 2.54. The maximum Gasteiger partial charge on any atom is 0.254 e. The molecule has 0 saturated carbocycles. The molecule has 0 aliphatic carbocycles. The van der Waals surface area contributed by atoms with Gasteiger partial charge in [0.05, 0.1) is 5.56 Å². The van der Waals surface area contributed by atoms with E-state index < -0.39 is 0 Å². The number of hydrogen-bond donors (Lipinski definition) is 2. The van der Waals surface area contributed by atoms with Crippen molar-refractivity contribution in [3.63, 3.8) is 0 Å². The van der Waals surface area contributed by atoms with Crippen LogP contribution in [-0.2, 0) is 6.54 Å². The highest BCUT2D eigenvalue weighted by Crippen LogP contribution is 2.05. The molecule has 0 aliphatic rings. The van der Waals surface area contributed by atoms with Crippen LogP contribution in [0.15, 0.2) is 36.7 Å². The molecule has 0 spiro atoms. The van der Waals surface area contributed by atoms with Crippen LogP contribution in [0.5, 0.6) is 0 Å². The van der Waals surface area contributed by atoms with Crippen molar-refractivity contribution >= 4 is 11.9 Å². The van der Waals surface area contributed by atoms with E-state index in [1.54, 1.807) is 12.1 Å². The van der Waals surface area contributed by atoms with Crippen LogP contribution in [0.2, 0.25) is 0 Å². The van der Waals surface area contributed by atoms with E-state index in [-0.39, 0.29) is 17.8 Å². The molecular formula is C16H19FN4O. The minimum atomic E-state index is -0.298. The molecule has 116 valence electrons. The van der Waals surface area contributed by atoms with Gasteiger partial charge in [0.15, 0.2) is 0 Å². The molecule has 22 heavy (non-hydrogen) atoms. The van der Waals surface area contributed by atoms with Crippen molar-refractivity contribution in [1.82, 2.24) is 15.3 Å². The zero-order chi connectivity index (χ0) is 15.9. The summed E-state index contributed by atoms with van der Waals surface area (Å²) in [5.74, 6) is -0.0586. The van der Waals surface area contributed by atoms with Gasteiger partial charge in [-0.05, 0) is 31.0 Å². The molecule has 0 bridgehead atoms. The second-order valence-electron chi connectivity index (χ2n) is 5.06. The van der Waals surface area contributed by atoms with Crippen LogP contribution in [0.25, 0.3) is 0 Å². The summed E-state index contributed by atoms with van der Waals surface area (Å²) in [5.41, 5.74) is 1.21. The topological polar surface area (TPSA) is 66.9 Å². The Hall–Kier alpha value is -2.50. The number of rotatable bonds is 6. The van der Waals surface area contributed by atoms with E-state index in [1.807, 2.05) is 6.92 Å². The van der Waals surface area contributed by atoms with Gasteiger partial charge in [-0.25, -0.2) is 14.4 Å². The minimum absolute atomic E-state index is 0.264. The Bertz CT molecular complexity index is 613. The van der Waals surface area contributed by atoms with Gasteiger partial charge in [-0.2, -0.15) is 0 Å². The van der Waals surface area contributed by atoms with Crippen molar-refractivity contribution < 1.29 is 9.18 Å². The molecule has 0 radical (unpaired) electrons. The Labute approximate surface area is 129 Å². The quantitative estimate of drug-likeness (QED) is 0.861. The van der Waals surface area contributed by atoms with Crippen molar-refractivity contribution in [2.24, 2.45) is 0 Å². The fourth-order valence-corrected chi connectivity index (χ4v) is 1.73. The van der Waals surface area contributed by atoms with Gasteiger partial charge in [0.1, 0.15) is 5.82 Å². The Balaban J connectivity index is 1.90. The molecule has 1 heterocycles. The van der Waals surface area contributed by atoms with Crippen LogP contribution >= 0.6 is 0 Å². The van der Waals surface area contributed by atoms with Crippen molar-refractivity contribution in [2.45, 2.75) is 32.9 Å². The molecule has 6 heteroatoms. The highest BCUT2D eigenvalue weighted by atomic mass is 19.1. The summed E-state index contributed by atoms with van der Waals surface area (Å²) in [4.78, 5) is 20.2. The number of anilines is 1. The van der Waals surface area contributed by atoms with Gasteiger partial charge in [-0.15, -0.1) is 0 Å². The lowest BCUT2D eigenvalue weighted by Gasteiger charge is -2.11. The van der Waals surface area contributed by atoms with Crippen molar-refractivity contribution in [2.75, 3.05) is 5.32 Å². The van der Waals surface area contributed by atoms with Gasteiger partial charge in [0, 0.05) is 25.0 Å². The first kappa shape index (κ1) is 15.9. The van der Waals surface area contributed by atoms with E-state index >= 15 is 0 Å². The summed E-state index contributed by atoms with van der Waals surface area (Å²) in [6.45, 7) is 4.42. The van der Waals surface area contributed by atoms with E-state index in [1.165, 1.54) is 24.5 Å². The van der Waals surface area contributed by atoms with Crippen LogP contribution in [-0.4, -0.2) is 21.9 Å². The maximum atomic E-state index is 12.8. The fourth-order valence-electron chi connectivity index (χ4n) is 1.73. The smallest absolute Gasteiger partial charge is 0.254 e. The number of nitrogens with zero attached hydrogens (tertiary/aromatic N) is 2. The number of aromatic nitrogens is 2. The van der Waals surface area contributed by atoms with Gasteiger partial charge in [0.2, 0.25) is 5.95 Å². The lowest BCUT2D eigenvalue weighted by atomic mass is 10.2. The minimum Gasteiger partial charge on any atom is -0.352 e. The third-order valence-electron chi connectivity index (χ3n) is 3.27. The number of halogens is 1. The van der Waals surface area contributed by atoms with Crippen LogP contribution in [0.3, 0.4) is 0 Å². The van der Waals surface area contributed by atoms with E-state index in [9.17, 15) is 9.18 Å². The lowest BCUT2D eigenvalue weighted by molar-refractivity contribution is 0.0950. The molecule has 0 aliphatic heterocycles. The Morgan fingerprint density at radius 3 is 2.45 bits per heavy atom. The second-order valence-corrected chi connectivity index (χ2v) is 5.06. The molecule has 1 aromatic carbocycles. The molecule has 5 nitrogen and oxygen atoms in total. The van der Waals surface area contributed by atoms with Crippen LogP contribution < -0.4 is 10.6 Å². The third-order valence-corrected chi connectivity index (χ3v) is 3.27. The largest absolute Gasteiger partial charge is 0.352 e. The lowest BCUT2D eigenvalue weighted by Crippen LogP contribution is -2.23. The molecular weight excluding hydrogens is 283 g/mol. The molecule has 1 atom stereocenters. The number of hydrogen-bond acceptors (Lipinski definition) is 4. The van der Waals surface area contributed by atoms with Crippen LogP contribution in [0.1, 0.15) is 36.2 Å². The van der Waals surface area contributed by atoms with Gasteiger partial charge in [-0.3, -0.25) is 4.79 Å². The second kappa shape index (κ2) is 7.49. The summed E-state index contributed by atoms with van der Waals surface area (Å²) < 4.78 is 12.8. The summed E-state index contributed by atoms with van der Waals surface area (Å²) in [7, 11) is 0. The summed E-state index contributed by atoms with van der Waals surface area (Å²) in [6.07, 6.45) is 3.93. The zero-order valence-corrected chi connectivity index (χ0v) is 12.6. The Morgan fingerprint density at radius 2 is 1.86 bits per heavy atom. The van der Waals surface area contributed by atoms with Crippen molar-refractivity contribution in [1.29, 1.82) is 0 Å². The van der Waals surface area contributed by atoms with Gasteiger partial charge >= 0.3 is 0 Å². The maximum absolute atomic E-state index is 12.8. The number of carbonyl (C=O) groups excluding carboxylic acids is 1. The number of nitrogens with one attached hydrogen (secondary N) is 2. The Morgan fingerprint density at radius 1 is 1.23 bits per heavy atom. The molecule has 2 N–H and O–H groups in total. The summed E-state index contributed by atoms with van der Waals surface area (Å²) >= 11 is 0. The van der Waals surface area contributed by atoms with E-state index in [0.717, 1.165) is 12.0 Å². The van der Waals surface area contributed by atoms with Gasteiger partial charge in [0.25, 0.3) is 5.91 Å². The number of benzene rings is 1. The van der Waals surface area contributed by atoms with Crippen molar-refractivity contribution in [3.05, 3.63) is 53.6 Å². The molecule has 0 saturated heterocycles. The van der Waals surface area contributed by atoms with Crippen LogP contribution in [0, 0.1) is 5.82 Å². The molecule has 2 aromatic rings. The monoisotopic (exact) mass is 302 g/mol. The van der Waals surface area contributed by atoms with Gasteiger partial charge < -0.3 is 10.6 Å². The summed E-state index contributed by atoms with van der Waals surface area (Å²) in [5, 5.41) is 5.88. The molecule has 1 unspecified atom stereocenters. The molecule has 1 aromatic heterocycles. The average molecular weight is 302 g/mol.